The van der Waals surface area contributed by atoms with Gasteiger partial charge in [0, 0.05) is 18.7 Å². The molecule has 0 fully saturated rings. The summed E-state index contributed by atoms with van der Waals surface area (Å²) in [4.78, 5) is 12.5. The molecule has 0 saturated carbocycles. The van der Waals surface area contributed by atoms with E-state index in [0.717, 1.165) is 5.56 Å². The van der Waals surface area contributed by atoms with Crippen molar-refractivity contribution in [1.82, 2.24) is 4.98 Å². The van der Waals surface area contributed by atoms with Gasteiger partial charge in [-0.1, -0.05) is 18.2 Å². The van der Waals surface area contributed by atoms with Crippen LogP contribution in [-0.4, -0.2) is 23.0 Å². The second-order valence-corrected chi connectivity index (χ2v) is 4.12. The van der Waals surface area contributed by atoms with Crippen LogP contribution in [0.5, 0.6) is 11.6 Å². The van der Waals surface area contributed by atoms with Crippen LogP contribution in [0, 0.1) is 6.92 Å². The SMILES string of the molecule is Cc1ccc(Oc2ccc(CC(F)F)cc2)nc1.O=CO. The molecule has 4 nitrogen and oxygen atoms in total. The summed E-state index contributed by atoms with van der Waals surface area (Å²) >= 11 is 0. The van der Waals surface area contributed by atoms with Crippen molar-refractivity contribution < 1.29 is 23.4 Å². The summed E-state index contributed by atoms with van der Waals surface area (Å²) in [5.74, 6) is 1.08. The van der Waals surface area contributed by atoms with Crippen LogP contribution in [0.4, 0.5) is 8.78 Å². The molecule has 2 rings (SSSR count). The third-order valence-corrected chi connectivity index (χ3v) is 2.42. The summed E-state index contributed by atoms with van der Waals surface area (Å²) < 4.78 is 29.8. The van der Waals surface area contributed by atoms with Gasteiger partial charge in [0.25, 0.3) is 6.47 Å². The van der Waals surface area contributed by atoms with E-state index < -0.39 is 6.43 Å². The van der Waals surface area contributed by atoms with Crippen LogP contribution in [-0.2, 0) is 11.2 Å². The first kappa shape index (κ1) is 16.6. The van der Waals surface area contributed by atoms with Gasteiger partial charge in [0.05, 0.1) is 0 Å². The highest BCUT2D eigenvalue weighted by Gasteiger charge is 2.05. The Morgan fingerprint density at radius 1 is 1.24 bits per heavy atom. The minimum Gasteiger partial charge on any atom is -0.483 e. The molecular weight excluding hydrogens is 280 g/mol. The van der Waals surface area contributed by atoms with E-state index in [0.29, 0.717) is 17.2 Å². The average molecular weight is 295 g/mol. The van der Waals surface area contributed by atoms with Crippen molar-refractivity contribution in [2.24, 2.45) is 0 Å². The van der Waals surface area contributed by atoms with Gasteiger partial charge in [0.15, 0.2) is 0 Å². The van der Waals surface area contributed by atoms with Crippen LogP contribution in [0.1, 0.15) is 11.1 Å². The maximum Gasteiger partial charge on any atom is 0.290 e. The molecule has 1 aromatic carbocycles. The van der Waals surface area contributed by atoms with Gasteiger partial charge in [0.2, 0.25) is 12.3 Å². The van der Waals surface area contributed by atoms with Crippen LogP contribution < -0.4 is 4.74 Å². The summed E-state index contributed by atoms with van der Waals surface area (Å²) in [5, 5.41) is 6.89. The number of alkyl halides is 2. The van der Waals surface area contributed by atoms with Crippen molar-refractivity contribution in [3.63, 3.8) is 0 Å². The molecule has 0 unspecified atom stereocenters. The number of ether oxygens (including phenoxy) is 1. The molecule has 0 radical (unpaired) electrons. The number of carboxylic acid groups (broad SMARTS) is 1. The van der Waals surface area contributed by atoms with Gasteiger partial charge in [0.1, 0.15) is 5.75 Å². The van der Waals surface area contributed by atoms with Gasteiger partial charge < -0.3 is 9.84 Å². The lowest BCUT2D eigenvalue weighted by Crippen LogP contribution is -1.96. The largest absolute Gasteiger partial charge is 0.483 e. The lowest BCUT2D eigenvalue weighted by molar-refractivity contribution is -0.122. The number of pyridine rings is 1. The van der Waals surface area contributed by atoms with Crippen molar-refractivity contribution in [2.75, 3.05) is 0 Å². The molecular formula is C15H15F2NO3. The maximum atomic E-state index is 12.2. The second-order valence-electron chi connectivity index (χ2n) is 4.12. The minimum atomic E-state index is -2.32. The van der Waals surface area contributed by atoms with Crippen LogP contribution in [0.15, 0.2) is 42.6 Å². The summed E-state index contributed by atoms with van der Waals surface area (Å²) in [6.45, 7) is 1.69. The Bertz CT molecular complexity index is 542. The van der Waals surface area contributed by atoms with E-state index in [1.807, 2.05) is 13.0 Å². The fraction of sp³-hybridized carbons (Fsp3) is 0.200. The molecule has 0 aliphatic carbocycles. The molecule has 112 valence electrons. The van der Waals surface area contributed by atoms with E-state index in [1.165, 1.54) is 0 Å². The van der Waals surface area contributed by atoms with E-state index in [-0.39, 0.29) is 12.9 Å². The number of aromatic nitrogens is 1. The highest BCUT2D eigenvalue weighted by molar-refractivity contribution is 5.32. The molecule has 0 saturated heterocycles. The smallest absolute Gasteiger partial charge is 0.290 e. The summed E-state index contributed by atoms with van der Waals surface area (Å²) in [7, 11) is 0. The molecule has 0 spiro atoms. The van der Waals surface area contributed by atoms with E-state index in [1.54, 1.807) is 36.5 Å². The number of carbonyl (C=O) groups is 1. The zero-order valence-corrected chi connectivity index (χ0v) is 11.4. The predicted molar refractivity (Wildman–Crippen MR) is 73.9 cm³/mol. The fourth-order valence-electron chi connectivity index (χ4n) is 1.51. The van der Waals surface area contributed by atoms with Crippen LogP contribution >= 0.6 is 0 Å². The normalized spacial score (nSPS) is 9.71. The van der Waals surface area contributed by atoms with Crippen molar-refractivity contribution in [3.8, 4) is 11.6 Å². The van der Waals surface area contributed by atoms with Gasteiger partial charge in [-0.25, -0.2) is 13.8 Å². The molecule has 0 bridgehead atoms. The molecule has 1 aromatic heterocycles. The quantitative estimate of drug-likeness (QED) is 0.874. The summed E-state index contributed by atoms with van der Waals surface area (Å²) in [6.07, 6.45) is -0.848. The number of hydrogen-bond donors (Lipinski definition) is 1. The Balaban J connectivity index is 0.000000677. The monoisotopic (exact) mass is 295 g/mol. The Kier molecular flexibility index (Phi) is 6.80. The maximum absolute atomic E-state index is 12.2. The first-order valence-electron chi connectivity index (χ1n) is 6.10. The Morgan fingerprint density at radius 3 is 2.33 bits per heavy atom. The predicted octanol–water partition coefficient (Wildman–Crippen LogP) is 3.69. The summed E-state index contributed by atoms with van der Waals surface area (Å²) in [6, 6.07) is 10.3. The number of rotatable bonds is 4. The molecule has 1 heterocycles. The third kappa shape index (κ3) is 6.47. The number of halogens is 2. The Hall–Kier alpha value is -2.50. The van der Waals surface area contributed by atoms with Crippen LogP contribution in [0.3, 0.4) is 0 Å². The van der Waals surface area contributed by atoms with Crippen molar-refractivity contribution in [1.29, 1.82) is 0 Å². The molecule has 0 aliphatic rings. The Labute approximate surface area is 121 Å². The lowest BCUT2D eigenvalue weighted by atomic mass is 10.1. The molecule has 0 atom stereocenters. The molecule has 1 N–H and O–H groups in total. The van der Waals surface area contributed by atoms with Gasteiger partial charge in [-0.05, 0) is 30.2 Å². The zero-order valence-electron chi connectivity index (χ0n) is 11.4. The molecule has 21 heavy (non-hydrogen) atoms. The number of aryl methyl sites for hydroxylation is 1. The van der Waals surface area contributed by atoms with E-state index >= 15 is 0 Å². The highest BCUT2D eigenvalue weighted by Crippen LogP contribution is 2.20. The number of nitrogens with zero attached hydrogens (tertiary/aromatic N) is 1. The first-order valence-corrected chi connectivity index (χ1v) is 6.10. The second kappa shape index (κ2) is 8.63. The lowest BCUT2D eigenvalue weighted by Gasteiger charge is -2.06. The Morgan fingerprint density at radius 2 is 1.86 bits per heavy atom. The van der Waals surface area contributed by atoms with Gasteiger partial charge in [-0.15, -0.1) is 0 Å². The highest BCUT2D eigenvalue weighted by atomic mass is 19.3. The number of hydrogen-bond acceptors (Lipinski definition) is 3. The standard InChI is InChI=1S/C14H13F2NO.CH2O2/c1-10-2-7-14(17-9-10)18-12-5-3-11(4-6-12)8-13(15)16;2-1-3/h2-7,9,13H,8H2,1H3;1H,(H,2,3). The molecule has 2 aromatic rings. The van der Waals surface area contributed by atoms with Crippen LogP contribution in [0.25, 0.3) is 0 Å². The van der Waals surface area contributed by atoms with Gasteiger partial charge >= 0.3 is 0 Å². The molecule has 0 aliphatic heterocycles. The van der Waals surface area contributed by atoms with Gasteiger partial charge in [-0.2, -0.15) is 0 Å². The zero-order chi connectivity index (χ0) is 15.7. The van der Waals surface area contributed by atoms with Crippen molar-refractivity contribution in [3.05, 3.63) is 53.7 Å². The summed E-state index contributed by atoms with van der Waals surface area (Å²) in [5.41, 5.74) is 1.64. The van der Waals surface area contributed by atoms with E-state index in [2.05, 4.69) is 4.98 Å². The van der Waals surface area contributed by atoms with E-state index in [9.17, 15) is 8.78 Å². The van der Waals surface area contributed by atoms with Crippen molar-refractivity contribution in [2.45, 2.75) is 19.8 Å². The average Bonchev–Trinajstić information content (AvgIpc) is 2.44. The molecule has 6 heteroatoms. The topological polar surface area (TPSA) is 59.4 Å². The minimum absolute atomic E-state index is 0.233. The number of benzene rings is 1. The first-order chi connectivity index (χ1) is 10.0. The third-order valence-electron chi connectivity index (χ3n) is 2.42. The van der Waals surface area contributed by atoms with Crippen LogP contribution in [0.2, 0.25) is 0 Å². The fourth-order valence-corrected chi connectivity index (χ4v) is 1.51. The molecule has 0 amide bonds. The van der Waals surface area contributed by atoms with Gasteiger partial charge in [-0.3, -0.25) is 4.79 Å². The van der Waals surface area contributed by atoms with Crippen molar-refractivity contribution >= 4 is 6.47 Å². The van der Waals surface area contributed by atoms with E-state index in [4.69, 9.17) is 14.6 Å².